The third kappa shape index (κ3) is 5.82. The Morgan fingerprint density at radius 3 is 2.29 bits per heavy atom. The van der Waals surface area contributed by atoms with Gasteiger partial charge >= 0.3 is 0 Å². The van der Waals surface area contributed by atoms with Crippen LogP contribution < -0.4 is 15.4 Å². The summed E-state index contributed by atoms with van der Waals surface area (Å²) in [5.41, 5.74) is 0.697. The molecule has 0 aliphatic heterocycles. The Morgan fingerprint density at radius 1 is 0.964 bits per heavy atom. The number of para-hydroxylation sites is 1. The molecular formula is C22H27N3O3. The van der Waals surface area contributed by atoms with E-state index in [1.54, 1.807) is 12.1 Å². The number of anilines is 1. The molecule has 3 rings (SSSR count). The van der Waals surface area contributed by atoms with E-state index in [4.69, 9.17) is 4.74 Å². The second-order valence-corrected chi connectivity index (χ2v) is 7.33. The van der Waals surface area contributed by atoms with E-state index in [1.165, 1.54) is 0 Å². The van der Waals surface area contributed by atoms with Gasteiger partial charge in [-0.1, -0.05) is 18.2 Å². The number of ether oxygens (including phenoxy) is 1. The first kappa shape index (κ1) is 19.9. The van der Waals surface area contributed by atoms with E-state index in [0.29, 0.717) is 24.4 Å². The van der Waals surface area contributed by atoms with Gasteiger partial charge in [0.15, 0.2) is 0 Å². The molecule has 1 saturated carbocycles. The fourth-order valence-corrected chi connectivity index (χ4v) is 2.98. The van der Waals surface area contributed by atoms with E-state index in [-0.39, 0.29) is 23.7 Å². The number of hydrogen-bond donors (Lipinski definition) is 2. The van der Waals surface area contributed by atoms with Crippen molar-refractivity contribution in [2.45, 2.75) is 12.8 Å². The maximum Gasteiger partial charge on any atom is 0.228 e. The molecule has 0 saturated heterocycles. The highest BCUT2D eigenvalue weighted by molar-refractivity contribution is 5.99. The molecule has 0 heterocycles. The van der Waals surface area contributed by atoms with E-state index < -0.39 is 0 Å². The Labute approximate surface area is 165 Å². The molecule has 2 amide bonds. The molecule has 1 aliphatic rings. The van der Waals surface area contributed by atoms with Gasteiger partial charge in [0.1, 0.15) is 11.5 Å². The summed E-state index contributed by atoms with van der Waals surface area (Å²) in [6, 6.07) is 16.7. The fourth-order valence-electron chi connectivity index (χ4n) is 2.98. The van der Waals surface area contributed by atoms with Crippen molar-refractivity contribution in [3.8, 4) is 11.5 Å². The van der Waals surface area contributed by atoms with Gasteiger partial charge in [0.25, 0.3) is 0 Å². The minimum absolute atomic E-state index is 0.0227. The van der Waals surface area contributed by atoms with Crippen molar-refractivity contribution >= 4 is 17.5 Å². The lowest BCUT2D eigenvalue weighted by Gasteiger charge is -2.10. The molecule has 2 N–H and O–H groups in total. The highest BCUT2D eigenvalue weighted by Gasteiger charge is 2.47. The number of benzene rings is 2. The Hall–Kier alpha value is -2.86. The molecule has 0 bridgehead atoms. The van der Waals surface area contributed by atoms with Crippen molar-refractivity contribution in [2.75, 3.05) is 32.5 Å². The highest BCUT2D eigenvalue weighted by atomic mass is 16.5. The average Bonchev–Trinajstić information content (AvgIpc) is 3.48. The van der Waals surface area contributed by atoms with Gasteiger partial charge < -0.3 is 20.3 Å². The number of carbonyl (C=O) groups excluding carboxylic acids is 2. The summed E-state index contributed by atoms with van der Waals surface area (Å²) in [5, 5.41) is 5.80. The van der Waals surface area contributed by atoms with Crippen molar-refractivity contribution in [1.82, 2.24) is 10.2 Å². The minimum Gasteiger partial charge on any atom is -0.457 e. The van der Waals surface area contributed by atoms with Crippen molar-refractivity contribution in [1.29, 1.82) is 0 Å². The number of rotatable bonds is 9. The van der Waals surface area contributed by atoms with E-state index in [9.17, 15) is 9.59 Å². The van der Waals surface area contributed by atoms with Crippen LogP contribution in [0.25, 0.3) is 0 Å². The van der Waals surface area contributed by atoms with Crippen LogP contribution in [0.3, 0.4) is 0 Å². The van der Waals surface area contributed by atoms with Gasteiger partial charge in [-0.2, -0.15) is 0 Å². The Morgan fingerprint density at radius 2 is 1.61 bits per heavy atom. The Balaban J connectivity index is 1.42. The van der Waals surface area contributed by atoms with Crippen molar-refractivity contribution < 1.29 is 14.3 Å². The molecular weight excluding hydrogens is 354 g/mol. The molecule has 1 aliphatic carbocycles. The first-order valence-electron chi connectivity index (χ1n) is 9.59. The number of nitrogens with zero attached hydrogens (tertiary/aromatic N) is 1. The Bertz CT molecular complexity index is 790. The van der Waals surface area contributed by atoms with Crippen LogP contribution in [0.15, 0.2) is 54.6 Å². The molecule has 2 aromatic carbocycles. The molecule has 2 atom stereocenters. The van der Waals surface area contributed by atoms with Crippen LogP contribution in [0.4, 0.5) is 5.69 Å². The summed E-state index contributed by atoms with van der Waals surface area (Å²) in [5.74, 6) is 0.882. The number of hydrogen-bond acceptors (Lipinski definition) is 4. The standard InChI is InChI=1S/C22H27N3O3/c1-25(2)14-6-13-23-21(26)19-15-20(19)22(27)24-16-9-11-18(12-10-16)28-17-7-4-3-5-8-17/h3-5,7-12,19-20H,6,13-15H2,1-2H3,(H,23,26)(H,24,27). The van der Waals surface area contributed by atoms with Gasteiger partial charge in [-0.3, -0.25) is 9.59 Å². The zero-order valence-corrected chi connectivity index (χ0v) is 16.4. The molecule has 0 radical (unpaired) electrons. The maximum atomic E-state index is 12.4. The summed E-state index contributed by atoms with van der Waals surface area (Å²) >= 11 is 0. The van der Waals surface area contributed by atoms with Crippen LogP contribution >= 0.6 is 0 Å². The van der Waals surface area contributed by atoms with Crippen molar-refractivity contribution in [2.24, 2.45) is 11.8 Å². The van der Waals surface area contributed by atoms with E-state index in [2.05, 4.69) is 15.5 Å². The van der Waals surface area contributed by atoms with Gasteiger partial charge in [-0.05, 0) is 69.9 Å². The van der Waals surface area contributed by atoms with Crippen LogP contribution in [0.5, 0.6) is 11.5 Å². The van der Waals surface area contributed by atoms with Gasteiger partial charge in [-0.15, -0.1) is 0 Å². The summed E-state index contributed by atoms with van der Waals surface area (Å²) in [4.78, 5) is 26.5. The SMILES string of the molecule is CN(C)CCCNC(=O)C1CC1C(=O)Nc1ccc(Oc2ccccc2)cc1. The predicted molar refractivity (Wildman–Crippen MR) is 109 cm³/mol. The first-order chi connectivity index (χ1) is 13.5. The topological polar surface area (TPSA) is 70.7 Å². The second kappa shape index (κ2) is 9.37. The molecule has 2 unspecified atom stereocenters. The molecule has 0 spiro atoms. The van der Waals surface area contributed by atoms with Gasteiger partial charge in [0.05, 0.1) is 11.8 Å². The maximum absolute atomic E-state index is 12.4. The normalized spacial score (nSPS) is 17.8. The minimum atomic E-state index is -0.242. The summed E-state index contributed by atoms with van der Waals surface area (Å²) < 4.78 is 5.74. The zero-order valence-electron chi connectivity index (χ0n) is 16.4. The van der Waals surface area contributed by atoms with Crippen LogP contribution in [-0.4, -0.2) is 43.9 Å². The van der Waals surface area contributed by atoms with Crippen LogP contribution in [0.2, 0.25) is 0 Å². The van der Waals surface area contributed by atoms with Crippen LogP contribution in [0, 0.1) is 11.8 Å². The lowest BCUT2D eigenvalue weighted by Crippen LogP contribution is -2.30. The molecule has 148 valence electrons. The van der Waals surface area contributed by atoms with Crippen LogP contribution in [-0.2, 0) is 9.59 Å². The van der Waals surface area contributed by atoms with Gasteiger partial charge in [0.2, 0.25) is 11.8 Å². The highest BCUT2D eigenvalue weighted by Crippen LogP contribution is 2.39. The van der Waals surface area contributed by atoms with Crippen molar-refractivity contribution in [3.05, 3.63) is 54.6 Å². The first-order valence-corrected chi connectivity index (χ1v) is 9.59. The summed E-state index contributed by atoms with van der Waals surface area (Å²) in [6.07, 6.45) is 1.51. The number of amides is 2. The van der Waals surface area contributed by atoms with E-state index in [0.717, 1.165) is 18.7 Å². The van der Waals surface area contributed by atoms with Gasteiger partial charge in [-0.25, -0.2) is 0 Å². The molecule has 6 nitrogen and oxygen atoms in total. The molecule has 6 heteroatoms. The second-order valence-electron chi connectivity index (χ2n) is 7.33. The van der Waals surface area contributed by atoms with Crippen molar-refractivity contribution in [3.63, 3.8) is 0 Å². The van der Waals surface area contributed by atoms with Crippen LogP contribution in [0.1, 0.15) is 12.8 Å². The lowest BCUT2D eigenvalue weighted by atomic mass is 10.2. The van der Waals surface area contributed by atoms with Gasteiger partial charge in [0, 0.05) is 12.2 Å². The third-order valence-corrected chi connectivity index (χ3v) is 4.65. The van der Waals surface area contributed by atoms with E-state index in [1.807, 2.05) is 56.6 Å². The average molecular weight is 381 g/mol. The number of carbonyl (C=O) groups is 2. The molecule has 28 heavy (non-hydrogen) atoms. The Kier molecular flexibility index (Phi) is 6.66. The smallest absolute Gasteiger partial charge is 0.228 e. The molecule has 0 aromatic heterocycles. The fraction of sp³-hybridized carbons (Fsp3) is 0.364. The quantitative estimate of drug-likeness (QED) is 0.655. The summed E-state index contributed by atoms with van der Waals surface area (Å²) in [7, 11) is 4.01. The lowest BCUT2D eigenvalue weighted by molar-refractivity contribution is -0.125. The largest absolute Gasteiger partial charge is 0.457 e. The predicted octanol–water partition coefficient (Wildman–Crippen LogP) is 3.12. The molecule has 1 fully saturated rings. The third-order valence-electron chi connectivity index (χ3n) is 4.65. The van der Waals surface area contributed by atoms with E-state index >= 15 is 0 Å². The number of nitrogens with one attached hydrogen (secondary N) is 2. The zero-order chi connectivity index (χ0) is 19.9. The summed E-state index contributed by atoms with van der Waals surface area (Å²) in [6.45, 7) is 1.57. The monoisotopic (exact) mass is 381 g/mol. The molecule has 2 aromatic rings.